The molecule has 6 nitrogen and oxygen atoms in total. The van der Waals surface area contributed by atoms with Crippen LogP contribution in [0.25, 0.3) is 6.08 Å². The van der Waals surface area contributed by atoms with Gasteiger partial charge in [-0.25, -0.2) is 4.39 Å². The first kappa shape index (κ1) is 21.5. The Kier molecular flexibility index (Phi) is 7.18. The molecule has 1 heterocycles. The average Bonchev–Trinajstić information content (AvgIpc) is 2.73. The van der Waals surface area contributed by atoms with Gasteiger partial charge in [0.2, 0.25) is 5.91 Å². The minimum absolute atomic E-state index is 0.107. The van der Waals surface area contributed by atoms with Crippen LogP contribution in [0, 0.1) is 5.82 Å². The smallest absolute Gasteiger partial charge is 0.387 e. The van der Waals surface area contributed by atoms with Crippen LogP contribution in [0.15, 0.2) is 42.5 Å². The van der Waals surface area contributed by atoms with Crippen molar-refractivity contribution in [3.8, 4) is 11.5 Å². The van der Waals surface area contributed by atoms with Crippen molar-refractivity contribution in [2.75, 3.05) is 43.6 Å². The van der Waals surface area contributed by atoms with Gasteiger partial charge in [-0.2, -0.15) is 8.78 Å². The second-order valence-corrected chi connectivity index (χ2v) is 6.38. The summed E-state index contributed by atoms with van der Waals surface area (Å²) in [6.45, 7) is -0.668. The minimum Gasteiger partial charge on any atom is -0.493 e. The van der Waals surface area contributed by atoms with Gasteiger partial charge < -0.3 is 24.4 Å². The van der Waals surface area contributed by atoms with E-state index in [0.717, 1.165) is 0 Å². The van der Waals surface area contributed by atoms with E-state index in [2.05, 4.69) is 10.1 Å². The first-order chi connectivity index (χ1) is 14.5. The molecular weight excluding hydrogens is 401 g/mol. The van der Waals surface area contributed by atoms with Crippen LogP contribution in [-0.4, -0.2) is 45.9 Å². The van der Waals surface area contributed by atoms with Crippen LogP contribution in [0.4, 0.5) is 24.5 Å². The molecule has 0 saturated carbocycles. The summed E-state index contributed by atoms with van der Waals surface area (Å²) in [5.74, 6) is -0.901. The monoisotopic (exact) mass is 422 g/mol. The molecule has 0 aliphatic carbocycles. The molecule has 0 radical (unpaired) electrons. The van der Waals surface area contributed by atoms with Crippen LogP contribution in [0.3, 0.4) is 0 Å². The van der Waals surface area contributed by atoms with Gasteiger partial charge in [-0.05, 0) is 42.0 Å². The van der Waals surface area contributed by atoms with Crippen molar-refractivity contribution in [2.45, 2.75) is 6.61 Å². The van der Waals surface area contributed by atoms with Crippen LogP contribution in [0.5, 0.6) is 11.5 Å². The van der Waals surface area contributed by atoms with Crippen LogP contribution >= 0.6 is 0 Å². The van der Waals surface area contributed by atoms with Gasteiger partial charge in [-0.3, -0.25) is 4.79 Å². The zero-order valence-corrected chi connectivity index (χ0v) is 16.2. The third kappa shape index (κ3) is 5.66. The molecule has 0 atom stereocenters. The lowest BCUT2D eigenvalue weighted by Gasteiger charge is -2.29. The number of hydrogen-bond acceptors (Lipinski definition) is 5. The fraction of sp³-hybridized carbons (Fsp3) is 0.286. The zero-order chi connectivity index (χ0) is 21.5. The van der Waals surface area contributed by atoms with E-state index in [1.165, 1.54) is 43.5 Å². The quantitative estimate of drug-likeness (QED) is 0.686. The van der Waals surface area contributed by atoms with Crippen molar-refractivity contribution in [3.05, 3.63) is 53.9 Å². The number of amides is 1. The summed E-state index contributed by atoms with van der Waals surface area (Å²) in [6, 6.07) is 8.78. The van der Waals surface area contributed by atoms with E-state index in [9.17, 15) is 18.0 Å². The third-order valence-electron chi connectivity index (χ3n) is 4.40. The highest BCUT2D eigenvalue weighted by molar-refractivity contribution is 6.02. The Balaban J connectivity index is 1.63. The normalized spacial score (nSPS) is 14.2. The Hall–Kier alpha value is -3.20. The van der Waals surface area contributed by atoms with Gasteiger partial charge in [0, 0.05) is 24.9 Å². The number of nitrogens with zero attached hydrogens (tertiary/aromatic N) is 1. The van der Waals surface area contributed by atoms with Crippen molar-refractivity contribution in [1.29, 1.82) is 0 Å². The molecule has 1 fully saturated rings. The number of alkyl halides is 2. The van der Waals surface area contributed by atoms with E-state index in [0.29, 0.717) is 43.2 Å². The van der Waals surface area contributed by atoms with Crippen LogP contribution < -0.4 is 19.7 Å². The van der Waals surface area contributed by atoms with Crippen LogP contribution in [0.1, 0.15) is 5.56 Å². The number of benzene rings is 2. The maximum Gasteiger partial charge on any atom is 0.387 e. The Morgan fingerprint density at radius 2 is 1.93 bits per heavy atom. The highest BCUT2D eigenvalue weighted by Gasteiger charge is 2.15. The van der Waals surface area contributed by atoms with E-state index in [1.807, 2.05) is 4.90 Å². The second kappa shape index (κ2) is 10.0. The lowest BCUT2D eigenvalue weighted by Crippen LogP contribution is -2.36. The topological polar surface area (TPSA) is 60.0 Å². The third-order valence-corrected chi connectivity index (χ3v) is 4.40. The Morgan fingerprint density at radius 3 is 2.60 bits per heavy atom. The second-order valence-electron chi connectivity index (χ2n) is 6.38. The first-order valence-electron chi connectivity index (χ1n) is 9.20. The molecule has 30 heavy (non-hydrogen) atoms. The van der Waals surface area contributed by atoms with Gasteiger partial charge in [0.05, 0.1) is 26.0 Å². The molecule has 3 rings (SSSR count). The molecule has 1 amide bonds. The van der Waals surface area contributed by atoms with E-state index in [1.54, 1.807) is 12.1 Å². The van der Waals surface area contributed by atoms with Gasteiger partial charge in [0.15, 0.2) is 11.5 Å². The Labute approximate surface area is 171 Å². The Bertz CT molecular complexity index is 915. The predicted octanol–water partition coefficient (Wildman–Crippen LogP) is 3.92. The lowest BCUT2D eigenvalue weighted by molar-refractivity contribution is -0.111. The number of morpholine rings is 1. The molecular formula is C21H21F3N2O4. The highest BCUT2D eigenvalue weighted by atomic mass is 19.3. The largest absolute Gasteiger partial charge is 0.493 e. The minimum atomic E-state index is -2.97. The van der Waals surface area contributed by atoms with E-state index in [4.69, 9.17) is 9.47 Å². The SMILES string of the molecule is COc1cc(/C=C/C(=O)Nc2ccc(N3CCOCC3)c(F)c2)ccc1OC(F)F. The fourth-order valence-electron chi connectivity index (χ4n) is 2.98. The van der Waals surface area contributed by atoms with Gasteiger partial charge in [0.25, 0.3) is 0 Å². The molecule has 9 heteroatoms. The average molecular weight is 422 g/mol. The Morgan fingerprint density at radius 1 is 1.17 bits per heavy atom. The van der Waals surface area contributed by atoms with Gasteiger partial charge in [-0.15, -0.1) is 0 Å². The standard InChI is InChI=1S/C21H21F3N2O4/c1-28-19-12-14(2-6-18(19)30-21(23)24)3-7-20(27)25-15-4-5-17(16(22)13-15)26-8-10-29-11-9-26/h2-7,12-13,21H,8-11H2,1H3,(H,25,27)/b7-3+. The highest BCUT2D eigenvalue weighted by Crippen LogP contribution is 2.30. The fourth-order valence-corrected chi connectivity index (χ4v) is 2.98. The van der Waals surface area contributed by atoms with Crippen molar-refractivity contribution in [3.63, 3.8) is 0 Å². The number of anilines is 2. The summed E-state index contributed by atoms with van der Waals surface area (Å²) in [5, 5.41) is 2.59. The summed E-state index contributed by atoms with van der Waals surface area (Å²) >= 11 is 0. The van der Waals surface area contributed by atoms with Crippen molar-refractivity contribution in [2.24, 2.45) is 0 Å². The zero-order valence-electron chi connectivity index (χ0n) is 16.2. The number of ether oxygens (including phenoxy) is 3. The number of rotatable bonds is 7. The molecule has 0 aromatic heterocycles. The number of methoxy groups -OCH3 is 1. The van der Waals surface area contributed by atoms with E-state index >= 15 is 0 Å². The number of nitrogens with one attached hydrogen (secondary N) is 1. The number of hydrogen-bond donors (Lipinski definition) is 1. The summed E-state index contributed by atoms with van der Waals surface area (Å²) in [6.07, 6.45) is 2.72. The molecule has 0 spiro atoms. The van der Waals surface area contributed by atoms with E-state index in [-0.39, 0.29) is 11.5 Å². The molecule has 1 aliphatic heterocycles. The first-order valence-corrected chi connectivity index (χ1v) is 9.20. The molecule has 1 N–H and O–H groups in total. The van der Waals surface area contributed by atoms with Gasteiger partial charge in [-0.1, -0.05) is 6.07 Å². The maximum absolute atomic E-state index is 14.4. The van der Waals surface area contributed by atoms with Crippen LogP contribution in [-0.2, 0) is 9.53 Å². The van der Waals surface area contributed by atoms with Crippen LogP contribution in [0.2, 0.25) is 0 Å². The molecule has 0 unspecified atom stereocenters. The molecule has 2 aromatic rings. The van der Waals surface area contributed by atoms with Gasteiger partial charge >= 0.3 is 6.61 Å². The maximum atomic E-state index is 14.4. The predicted molar refractivity (Wildman–Crippen MR) is 107 cm³/mol. The summed E-state index contributed by atoms with van der Waals surface area (Å²) in [7, 11) is 1.32. The summed E-state index contributed by atoms with van der Waals surface area (Å²) in [4.78, 5) is 14.0. The molecule has 2 aromatic carbocycles. The van der Waals surface area contributed by atoms with Crippen molar-refractivity contribution in [1.82, 2.24) is 0 Å². The van der Waals surface area contributed by atoms with Crippen molar-refractivity contribution >= 4 is 23.4 Å². The molecule has 0 bridgehead atoms. The number of carbonyl (C=O) groups excluding carboxylic acids is 1. The number of halogens is 3. The molecule has 1 saturated heterocycles. The molecule has 160 valence electrons. The number of carbonyl (C=O) groups is 1. The van der Waals surface area contributed by atoms with E-state index < -0.39 is 18.3 Å². The van der Waals surface area contributed by atoms with Crippen molar-refractivity contribution < 1.29 is 32.2 Å². The summed E-state index contributed by atoms with van der Waals surface area (Å²) < 4.78 is 53.8. The summed E-state index contributed by atoms with van der Waals surface area (Å²) in [5.41, 5.74) is 1.32. The van der Waals surface area contributed by atoms with Gasteiger partial charge in [0.1, 0.15) is 5.82 Å². The lowest BCUT2D eigenvalue weighted by atomic mass is 10.2. The molecule has 1 aliphatic rings.